The van der Waals surface area contributed by atoms with E-state index in [2.05, 4.69) is 9.71 Å². The zero-order valence-electron chi connectivity index (χ0n) is 11.7. The molecule has 1 aromatic heterocycles. The first kappa shape index (κ1) is 17.0. The molecule has 2 aromatic rings. The second-order valence-electron chi connectivity index (χ2n) is 4.01. The Kier molecular flexibility index (Phi) is 6.05. The number of benzene rings is 1. The molecule has 0 aliphatic heterocycles. The normalized spacial score (nSPS) is 11.3. The van der Waals surface area contributed by atoms with Crippen LogP contribution in [0.15, 0.2) is 36.5 Å². The van der Waals surface area contributed by atoms with Gasteiger partial charge in [-0.05, 0) is 11.5 Å². The fourth-order valence-corrected chi connectivity index (χ4v) is 3.06. The van der Waals surface area contributed by atoms with Gasteiger partial charge in [0.05, 0.1) is 5.52 Å². The standard InChI is InChI=1S/C13H16N3O2S.Zn/c1-3-16(4-2)19(17,18)15-12-9-5-7-11-8-6-10-14-13(11)12;/h5-10H,3-4H2,1-2H3;/q-1;. The zero-order chi connectivity index (χ0) is 13.9. The molecule has 0 N–H and O–H groups in total. The number of nitrogens with zero attached hydrogens (tertiary/aromatic N) is 3. The first-order valence-corrected chi connectivity index (χ1v) is 7.55. The molecule has 2 rings (SSSR count). The molecular weight excluding hydrogens is 328 g/mol. The van der Waals surface area contributed by atoms with Crippen LogP contribution in [0.3, 0.4) is 0 Å². The second-order valence-corrected chi connectivity index (χ2v) is 5.60. The molecule has 0 aliphatic rings. The molecule has 0 aliphatic carbocycles. The fourth-order valence-electron chi connectivity index (χ4n) is 1.89. The maximum Gasteiger partial charge on any atom is 0.159 e. The van der Waals surface area contributed by atoms with Crippen molar-refractivity contribution < 1.29 is 27.9 Å². The van der Waals surface area contributed by atoms with E-state index in [0.29, 0.717) is 24.3 Å². The number of hydrogen-bond acceptors (Lipinski definition) is 3. The first-order valence-electron chi connectivity index (χ1n) is 6.15. The van der Waals surface area contributed by atoms with Crippen molar-refractivity contribution in [2.24, 2.45) is 0 Å². The van der Waals surface area contributed by atoms with Crippen LogP contribution in [-0.2, 0) is 29.7 Å². The summed E-state index contributed by atoms with van der Waals surface area (Å²) in [5, 5.41) is 0.874. The minimum atomic E-state index is -3.65. The van der Waals surface area contributed by atoms with Crippen molar-refractivity contribution in [3.8, 4) is 0 Å². The molecule has 0 saturated carbocycles. The van der Waals surface area contributed by atoms with Gasteiger partial charge in [0.15, 0.2) is 10.2 Å². The van der Waals surface area contributed by atoms with E-state index in [1.165, 1.54) is 4.31 Å². The van der Waals surface area contributed by atoms with Gasteiger partial charge in [-0.3, -0.25) is 4.98 Å². The molecule has 5 nitrogen and oxygen atoms in total. The smallest absolute Gasteiger partial charge is 0.159 e. The third-order valence-corrected chi connectivity index (χ3v) is 4.45. The van der Waals surface area contributed by atoms with E-state index >= 15 is 0 Å². The minimum absolute atomic E-state index is 0. The maximum atomic E-state index is 12.1. The Morgan fingerprint density at radius 1 is 1.15 bits per heavy atom. The van der Waals surface area contributed by atoms with Gasteiger partial charge in [0.25, 0.3) is 0 Å². The van der Waals surface area contributed by atoms with Crippen LogP contribution in [0.2, 0.25) is 0 Å². The Morgan fingerprint density at radius 2 is 1.80 bits per heavy atom. The van der Waals surface area contributed by atoms with Crippen molar-refractivity contribution in [2.45, 2.75) is 13.8 Å². The van der Waals surface area contributed by atoms with Gasteiger partial charge < -0.3 is 4.72 Å². The van der Waals surface area contributed by atoms with Crippen molar-refractivity contribution >= 4 is 26.8 Å². The summed E-state index contributed by atoms with van der Waals surface area (Å²) in [5.41, 5.74) is 0.978. The monoisotopic (exact) mass is 342 g/mol. The summed E-state index contributed by atoms with van der Waals surface area (Å²) in [6, 6.07) is 9.01. The van der Waals surface area contributed by atoms with E-state index < -0.39 is 10.2 Å². The van der Waals surface area contributed by atoms with Crippen LogP contribution in [-0.4, -0.2) is 30.8 Å². The van der Waals surface area contributed by atoms with E-state index in [0.717, 1.165) is 5.39 Å². The zero-order valence-corrected chi connectivity index (χ0v) is 15.4. The topological polar surface area (TPSA) is 64.4 Å². The average molecular weight is 344 g/mol. The number of hydrogen-bond donors (Lipinski definition) is 0. The molecular formula is C13H16N3O2SZn-. The van der Waals surface area contributed by atoms with Gasteiger partial charge in [0.2, 0.25) is 0 Å². The molecule has 0 bridgehead atoms. The van der Waals surface area contributed by atoms with Crippen molar-refractivity contribution in [3.05, 3.63) is 41.3 Å². The third kappa shape index (κ3) is 3.54. The van der Waals surface area contributed by atoms with Crippen LogP contribution in [0, 0.1) is 0 Å². The van der Waals surface area contributed by atoms with E-state index in [9.17, 15) is 8.42 Å². The predicted molar refractivity (Wildman–Crippen MR) is 76.6 cm³/mol. The van der Waals surface area contributed by atoms with Crippen LogP contribution in [0.4, 0.5) is 5.69 Å². The molecule has 7 heteroatoms. The summed E-state index contributed by atoms with van der Waals surface area (Å²) in [4.78, 5) is 4.20. The summed E-state index contributed by atoms with van der Waals surface area (Å²) in [6.45, 7) is 4.39. The van der Waals surface area contributed by atoms with Gasteiger partial charge in [0.1, 0.15) is 0 Å². The fraction of sp³-hybridized carbons (Fsp3) is 0.308. The molecule has 0 atom stereocenters. The molecule has 20 heavy (non-hydrogen) atoms. The molecule has 0 radical (unpaired) electrons. The molecule has 104 valence electrons. The summed E-state index contributed by atoms with van der Waals surface area (Å²) < 4.78 is 29.5. The Labute approximate surface area is 132 Å². The van der Waals surface area contributed by atoms with Gasteiger partial charge in [-0.2, -0.15) is 0 Å². The van der Waals surface area contributed by atoms with E-state index in [1.54, 1.807) is 32.2 Å². The van der Waals surface area contributed by atoms with Crippen LogP contribution in [0.5, 0.6) is 0 Å². The molecule has 1 heterocycles. The number of aromatic nitrogens is 1. The number of pyridine rings is 1. The van der Waals surface area contributed by atoms with Gasteiger partial charge in [-0.1, -0.05) is 38.1 Å². The Balaban J connectivity index is 0.00000200. The third-order valence-electron chi connectivity index (χ3n) is 2.86. The minimum Gasteiger partial charge on any atom is -0.562 e. The van der Waals surface area contributed by atoms with E-state index in [1.807, 2.05) is 18.2 Å². The first-order chi connectivity index (χ1) is 9.08. The van der Waals surface area contributed by atoms with Crippen molar-refractivity contribution in [1.29, 1.82) is 0 Å². The number of rotatable bonds is 5. The van der Waals surface area contributed by atoms with Crippen LogP contribution < -0.4 is 0 Å². The predicted octanol–water partition coefficient (Wildman–Crippen LogP) is 2.82. The van der Waals surface area contributed by atoms with Crippen LogP contribution in [0.25, 0.3) is 15.6 Å². The van der Waals surface area contributed by atoms with Crippen molar-refractivity contribution in [3.63, 3.8) is 0 Å². The summed E-state index contributed by atoms with van der Waals surface area (Å²) in [6.07, 6.45) is 1.63. The van der Waals surface area contributed by atoms with Crippen LogP contribution in [0.1, 0.15) is 13.8 Å². The van der Waals surface area contributed by atoms with Gasteiger partial charge in [-0.25, -0.2) is 12.7 Å². The summed E-state index contributed by atoms with van der Waals surface area (Å²) in [5.74, 6) is 0. The van der Waals surface area contributed by atoms with Crippen LogP contribution >= 0.6 is 0 Å². The Bertz CT molecular complexity index is 667. The van der Waals surface area contributed by atoms with Crippen molar-refractivity contribution in [1.82, 2.24) is 9.29 Å². The molecule has 0 unspecified atom stereocenters. The van der Waals surface area contributed by atoms with E-state index in [-0.39, 0.29) is 19.5 Å². The molecule has 0 spiro atoms. The largest absolute Gasteiger partial charge is 0.562 e. The van der Waals surface area contributed by atoms with E-state index in [4.69, 9.17) is 0 Å². The molecule has 0 saturated heterocycles. The van der Waals surface area contributed by atoms with Gasteiger partial charge >= 0.3 is 0 Å². The Hall–Kier alpha value is -1.04. The summed E-state index contributed by atoms with van der Waals surface area (Å²) >= 11 is 0. The average Bonchev–Trinajstić information content (AvgIpc) is 2.40. The molecule has 0 amide bonds. The van der Waals surface area contributed by atoms with Crippen molar-refractivity contribution in [2.75, 3.05) is 13.1 Å². The maximum absolute atomic E-state index is 12.1. The second kappa shape index (κ2) is 7.11. The summed E-state index contributed by atoms with van der Waals surface area (Å²) in [7, 11) is -3.65. The number of fused-ring (bicyclic) bond motifs is 1. The number of para-hydroxylation sites is 1. The van der Waals surface area contributed by atoms with Gasteiger partial charge in [-0.15, -0.1) is 5.69 Å². The Morgan fingerprint density at radius 3 is 2.45 bits per heavy atom. The SMILES string of the molecule is CCN(CC)S(=O)(=O)[N-]c1cccc2cccnc12.[Zn]. The quantitative estimate of drug-likeness (QED) is 0.784. The van der Waals surface area contributed by atoms with Gasteiger partial charge in [0, 0.05) is 38.8 Å². The molecule has 0 fully saturated rings. The molecule has 1 aromatic carbocycles.